The van der Waals surface area contributed by atoms with Crippen LogP contribution in [0.25, 0.3) is 0 Å². The first-order valence-corrected chi connectivity index (χ1v) is 6.46. The fourth-order valence-electron chi connectivity index (χ4n) is 2.50. The predicted octanol–water partition coefficient (Wildman–Crippen LogP) is 2.49. The zero-order chi connectivity index (χ0) is 11.3. The van der Waals surface area contributed by atoms with Crippen molar-refractivity contribution in [3.05, 3.63) is 16.1 Å². The molecule has 1 fully saturated rings. The van der Waals surface area contributed by atoms with Crippen molar-refractivity contribution in [2.45, 2.75) is 44.1 Å². The van der Waals surface area contributed by atoms with Gasteiger partial charge in [0.15, 0.2) is 0 Å². The van der Waals surface area contributed by atoms with Crippen LogP contribution in [0.4, 0.5) is 0 Å². The minimum absolute atomic E-state index is 0.386. The van der Waals surface area contributed by atoms with Gasteiger partial charge in [-0.3, -0.25) is 4.79 Å². The lowest BCUT2D eigenvalue weighted by atomic mass is 9.96. The third kappa shape index (κ3) is 1.49. The van der Waals surface area contributed by atoms with Crippen LogP contribution in [-0.2, 0) is 11.3 Å². The summed E-state index contributed by atoms with van der Waals surface area (Å²) in [7, 11) is 0. The van der Waals surface area contributed by atoms with Gasteiger partial charge in [-0.25, -0.2) is 4.98 Å². The molecular weight excluding hydrogens is 272 g/mol. The summed E-state index contributed by atoms with van der Waals surface area (Å²) >= 11 is 3.41. The number of halogens is 1. The molecule has 2 aliphatic rings. The molecule has 1 N–H and O–H groups in total. The summed E-state index contributed by atoms with van der Waals surface area (Å²) in [6.07, 6.45) is 4.05. The van der Waals surface area contributed by atoms with Crippen molar-refractivity contribution in [2.75, 3.05) is 0 Å². The highest BCUT2D eigenvalue weighted by Crippen LogP contribution is 2.44. The van der Waals surface area contributed by atoms with E-state index in [0.29, 0.717) is 5.92 Å². The largest absolute Gasteiger partial charge is 0.481 e. The maximum absolute atomic E-state index is 11.2. The first kappa shape index (κ1) is 10.3. The number of nitrogens with zero attached hydrogens (tertiary/aromatic N) is 2. The standard InChI is InChI=1S/C11H13BrN2O2/c12-9-8-7(11(15)16)2-1-5-14(8)10(13-9)6-3-4-6/h6-7H,1-5H2,(H,15,16). The molecule has 0 bridgehead atoms. The van der Waals surface area contributed by atoms with E-state index >= 15 is 0 Å². The second-order valence-corrected chi connectivity index (χ2v) is 5.36. The van der Waals surface area contributed by atoms with Gasteiger partial charge in [-0.1, -0.05) is 0 Å². The van der Waals surface area contributed by atoms with Crippen LogP contribution in [0, 0.1) is 0 Å². The Labute approximate surface area is 102 Å². The minimum atomic E-state index is -0.733. The lowest BCUT2D eigenvalue weighted by Gasteiger charge is -2.22. The van der Waals surface area contributed by atoms with Crippen molar-refractivity contribution in [2.24, 2.45) is 0 Å². The highest BCUT2D eigenvalue weighted by Gasteiger charge is 2.36. The predicted molar refractivity (Wildman–Crippen MR) is 61.5 cm³/mol. The molecule has 3 rings (SSSR count). The van der Waals surface area contributed by atoms with Gasteiger partial charge in [0, 0.05) is 12.5 Å². The van der Waals surface area contributed by atoms with E-state index in [1.807, 2.05) is 0 Å². The van der Waals surface area contributed by atoms with Crippen molar-refractivity contribution in [1.82, 2.24) is 9.55 Å². The smallest absolute Gasteiger partial charge is 0.312 e. The minimum Gasteiger partial charge on any atom is -0.481 e. The molecule has 2 heterocycles. The van der Waals surface area contributed by atoms with E-state index in [1.54, 1.807) is 0 Å². The van der Waals surface area contributed by atoms with Gasteiger partial charge in [0.1, 0.15) is 10.4 Å². The quantitative estimate of drug-likeness (QED) is 0.908. The van der Waals surface area contributed by atoms with Crippen LogP contribution in [0.5, 0.6) is 0 Å². The zero-order valence-corrected chi connectivity index (χ0v) is 10.4. The van der Waals surface area contributed by atoms with Crippen molar-refractivity contribution in [3.63, 3.8) is 0 Å². The van der Waals surface area contributed by atoms with Crippen molar-refractivity contribution >= 4 is 21.9 Å². The number of hydrogen-bond donors (Lipinski definition) is 1. The molecule has 16 heavy (non-hydrogen) atoms. The molecule has 5 heteroatoms. The lowest BCUT2D eigenvalue weighted by Crippen LogP contribution is -2.22. The molecule has 1 atom stereocenters. The van der Waals surface area contributed by atoms with Gasteiger partial charge in [0.05, 0.1) is 11.6 Å². The van der Waals surface area contributed by atoms with E-state index in [9.17, 15) is 9.90 Å². The zero-order valence-electron chi connectivity index (χ0n) is 8.82. The maximum atomic E-state index is 11.2. The third-order valence-corrected chi connectivity index (χ3v) is 4.02. The van der Waals surface area contributed by atoms with Gasteiger partial charge in [-0.2, -0.15) is 0 Å². The molecule has 0 spiro atoms. The van der Waals surface area contributed by atoms with Crippen molar-refractivity contribution < 1.29 is 9.90 Å². The number of rotatable bonds is 2. The lowest BCUT2D eigenvalue weighted by molar-refractivity contribution is -0.139. The van der Waals surface area contributed by atoms with Crippen molar-refractivity contribution in [3.8, 4) is 0 Å². The van der Waals surface area contributed by atoms with Gasteiger partial charge in [-0.05, 0) is 41.6 Å². The highest BCUT2D eigenvalue weighted by atomic mass is 79.9. The molecule has 0 radical (unpaired) electrons. The van der Waals surface area contributed by atoms with Crippen molar-refractivity contribution in [1.29, 1.82) is 0 Å². The summed E-state index contributed by atoms with van der Waals surface area (Å²) < 4.78 is 2.87. The molecule has 1 aliphatic carbocycles. The van der Waals surface area contributed by atoms with Crippen LogP contribution >= 0.6 is 15.9 Å². The first-order chi connectivity index (χ1) is 7.68. The summed E-state index contributed by atoms with van der Waals surface area (Å²) in [6, 6.07) is 0. The molecule has 1 aliphatic heterocycles. The number of imidazole rings is 1. The molecule has 4 nitrogen and oxygen atoms in total. The summed E-state index contributed by atoms with van der Waals surface area (Å²) in [6.45, 7) is 0.920. The number of fused-ring (bicyclic) bond motifs is 1. The Morgan fingerprint density at radius 3 is 2.81 bits per heavy atom. The topological polar surface area (TPSA) is 55.1 Å². The molecule has 0 saturated heterocycles. The molecule has 86 valence electrons. The second-order valence-electron chi connectivity index (χ2n) is 4.61. The number of hydrogen-bond acceptors (Lipinski definition) is 2. The maximum Gasteiger partial charge on any atom is 0.312 e. The Morgan fingerprint density at radius 1 is 1.44 bits per heavy atom. The number of aromatic nitrogens is 2. The summed E-state index contributed by atoms with van der Waals surface area (Å²) in [5.74, 6) is 0.539. The average molecular weight is 285 g/mol. The van der Waals surface area contributed by atoms with Crippen LogP contribution in [0.15, 0.2) is 4.60 Å². The molecular formula is C11H13BrN2O2. The van der Waals surface area contributed by atoms with E-state index in [1.165, 1.54) is 12.8 Å². The Morgan fingerprint density at radius 2 is 2.19 bits per heavy atom. The third-order valence-electron chi connectivity index (χ3n) is 3.44. The number of aliphatic carboxylic acids is 1. The van der Waals surface area contributed by atoms with E-state index in [4.69, 9.17) is 0 Å². The van der Waals surface area contributed by atoms with Gasteiger partial charge in [0.2, 0.25) is 0 Å². The van der Waals surface area contributed by atoms with Gasteiger partial charge >= 0.3 is 5.97 Å². The Kier molecular flexibility index (Phi) is 2.31. The monoisotopic (exact) mass is 284 g/mol. The van der Waals surface area contributed by atoms with E-state index in [0.717, 1.165) is 35.5 Å². The number of carboxylic acid groups (broad SMARTS) is 1. The first-order valence-electron chi connectivity index (χ1n) is 5.67. The number of carboxylic acids is 1. The van der Waals surface area contributed by atoms with Crippen LogP contribution in [0.3, 0.4) is 0 Å². The molecule has 1 aromatic heterocycles. The van der Waals surface area contributed by atoms with Crippen LogP contribution < -0.4 is 0 Å². The number of carbonyl (C=O) groups is 1. The van der Waals surface area contributed by atoms with Gasteiger partial charge in [0.25, 0.3) is 0 Å². The Hall–Kier alpha value is -0.840. The molecule has 0 aromatic carbocycles. The fraction of sp³-hybridized carbons (Fsp3) is 0.636. The van der Waals surface area contributed by atoms with Crippen LogP contribution in [0.1, 0.15) is 49.0 Å². The van der Waals surface area contributed by atoms with Crippen LogP contribution in [-0.4, -0.2) is 20.6 Å². The van der Waals surface area contributed by atoms with Crippen LogP contribution in [0.2, 0.25) is 0 Å². The van der Waals surface area contributed by atoms with E-state index < -0.39 is 5.97 Å². The second kappa shape index (κ2) is 3.58. The summed E-state index contributed by atoms with van der Waals surface area (Å²) in [4.78, 5) is 15.7. The van der Waals surface area contributed by atoms with Gasteiger partial charge < -0.3 is 9.67 Å². The van der Waals surface area contributed by atoms with E-state index in [2.05, 4.69) is 25.5 Å². The highest BCUT2D eigenvalue weighted by molar-refractivity contribution is 9.10. The molecule has 1 aromatic rings. The molecule has 0 amide bonds. The summed E-state index contributed by atoms with van der Waals surface area (Å²) in [5, 5.41) is 9.21. The average Bonchev–Trinajstić information content (AvgIpc) is 3.04. The summed E-state index contributed by atoms with van der Waals surface area (Å²) in [5.41, 5.74) is 0.876. The Bertz CT molecular complexity index is 451. The fourth-order valence-corrected chi connectivity index (χ4v) is 3.18. The SMILES string of the molecule is O=C(O)C1CCCn2c(C3CC3)nc(Br)c21. The van der Waals surface area contributed by atoms with Gasteiger partial charge in [-0.15, -0.1) is 0 Å². The van der Waals surface area contributed by atoms with E-state index in [-0.39, 0.29) is 5.92 Å². The molecule has 1 saturated carbocycles. The Balaban J connectivity index is 2.09. The normalized spacial score (nSPS) is 24.2. The molecule has 1 unspecified atom stereocenters.